The average molecular weight is 504 g/mol. The molecule has 0 aliphatic heterocycles. The molecule has 0 aliphatic carbocycles. The largest absolute Gasteiger partial charge is 0.542 e. The van der Waals surface area contributed by atoms with Gasteiger partial charge >= 0.3 is 0 Å². The fraction of sp³-hybridized carbons (Fsp3) is 0.778. The van der Waals surface area contributed by atoms with Crippen molar-refractivity contribution in [3.63, 3.8) is 0 Å². The number of nitrogens with one attached hydrogen (secondary N) is 1. The van der Waals surface area contributed by atoms with E-state index in [2.05, 4.69) is 15.6 Å². The van der Waals surface area contributed by atoms with Gasteiger partial charge in [-0.1, -0.05) is 5.21 Å². The van der Waals surface area contributed by atoms with Gasteiger partial charge < -0.3 is 33.8 Å². The van der Waals surface area contributed by atoms with Crippen LogP contribution in [0.4, 0.5) is 0 Å². The van der Waals surface area contributed by atoms with Crippen LogP contribution in [0, 0.1) is 0 Å². The minimum Gasteiger partial charge on any atom is -0.542 e. The maximum absolute atomic E-state index is 10.7. The van der Waals surface area contributed by atoms with Crippen LogP contribution in [-0.2, 0) is 79.1 Å². The topological polar surface area (TPSA) is 123 Å². The number of carbonyl (C=O) groups excluding carboxylic acids is 2. The Morgan fingerprint density at radius 3 is 2.17 bits per heavy atom. The van der Waals surface area contributed by atoms with Crippen molar-refractivity contribution in [3.05, 3.63) is 11.9 Å². The number of ether oxygens (including phenoxy) is 5. The molecule has 11 nitrogen and oxygen atoms in total. The molecule has 1 heterocycles. The molecule has 0 aliphatic rings. The van der Waals surface area contributed by atoms with Gasteiger partial charge in [0.15, 0.2) is 0 Å². The van der Waals surface area contributed by atoms with Gasteiger partial charge in [-0.2, -0.15) is 0 Å². The van der Waals surface area contributed by atoms with Gasteiger partial charge in [0.2, 0.25) is 5.91 Å². The van der Waals surface area contributed by atoms with Crippen molar-refractivity contribution in [2.24, 2.45) is 0 Å². The van der Waals surface area contributed by atoms with Crippen molar-refractivity contribution < 1.29 is 66.0 Å². The zero-order chi connectivity index (χ0) is 21.0. The summed E-state index contributed by atoms with van der Waals surface area (Å²) >= 11 is 0. The summed E-state index contributed by atoms with van der Waals surface area (Å²) in [4.78, 5) is 20.7. The van der Waals surface area contributed by atoms with Crippen molar-refractivity contribution in [1.82, 2.24) is 20.3 Å². The van der Waals surface area contributed by atoms with Crippen LogP contribution in [-0.4, -0.2) is 93.2 Å². The molecule has 0 fully saturated rings. The van der Waals surface area contributed by atoms with Gasteiger partial charge in [0, 0.05) is 52.8 Å². The van der Waals surface area contributed by atoms with Crippen molar-refractivity contribution in [3.8, 4) is 0 Å². The minimum atomic E-state index is -0.0777. The number of carbonyl (C=O) groups is 1. The second kappa shape index (κ2) is 21.4. The third-order valence-electron chi connectivity index (χ3n) is 3.39. The maximum atomic E-state index is 10.7. The predicted octanol–water partition coefficient (Wildman–Crippen LogP) is -0.505. The number of aromatic nitrogens is 3. The van der Waals surface area contributed by atoms with Gasteiger partial charge in [0.25, 0.3) is 0 Å². The van der Waals surface area contributed by atoms with Gasteiger partial charge in [-0.3, -0.25) is 11.1 Å². The molecular weight excluding hydrogens is 473 g/mol. The quantitative estimate of drug-likeness (QED) is 0.185. The molecule has 30 heavy (non-hydrogen) atoms. The van der Waals surface area contributed by atoms with E-state index in [-0.39, 0.29) is 45.0 Å². The van der Waals surface area contributed by atoms with E-state index in [4.69, 9.17) is 23.7 Å². The fourth-order valence-electron chi connectivity index (χ4n) is 2.02. The zero-order valence-electron chi connectivity index (χ0n) is 17.5. The second-order valence-electron chi connectivity index (χ2n) is 5.85. The van der Waals surface area contributed by atoms with Gasteiger partial charge in [0.05, 0.1) is 72.2 Å². The molecule has 1 amide bonds. The Labute approximate surface area is 202 Å². The summed E-state index contributed by atoms with van der Waals surface area (Å²) in [5.41, 5.74) is 0.726. The molecule has 0 saturated carbocycles. The first-order valence-corrected chi connectivity index (χ1v) is 9.59. The molecule has 12 heteroatoms. The number of hydrogen-bond donors (Lipinski definition) is 1. The molecule has 1 aromatic heterocycles. The van der Waals surface area contributed by atoms with Crippen LogP contribution in [0.25, 0.3) is 0 Å². The van der Waals surface area contributed by atoms with Crippen molar-refractivity contribution >= 4 is 12.2 Å². The maximum Gasteiger partial charge on any atom is 0.216 e. The van der Waals surface area contributed by atoms with Crippen LogP contribution in [0.2, 0.25) is 0 Å². The molecular formula is C18H31N4O7Y-. The van der Waals surface area contributed by atoms with E-state index >= 15 is 0 Å². The summed E-state index contributed by atoms with van der Waals surface area (Å²) in [6.45, 7) is 7.05. The summed E-state index contributed by atoms with van der Waals surface area (Å²) in [6.07, 6.45) is 3.85. The number of hydrogen-bond acceptors (Lipinski definition) is 9. The molecule has 0 bridgehead atoms. The second-order valence-corrected chi connectivity index (χ2v) is 5.85. The fourth-order valence-corrected chi connectivity index (χ4v) is 2.02. The standard InChI is InChI=1S/C18H31N4O7.Y/c1-17(24)19-3-7-29-16-18-15-22(21-20-18)4-8-26-10-12-28-14-13-27-11-9-25-6-2-5-23;/h15H,2-4,6-14,16H2,1H3,(H,19,24);/q-1;. The van der Waals surface area contributed by atoms with Crippen LogP contribution in [0.5, 0.6) is 0 Å². The van der Waals surface area contributed by atoms with Crippen LogP contribution in [0.1, 0.15) is 19.0 Å². The molecule has 169 valence electrons. The summed E-state index contributed by atoms with van der Waals surface area (Å²) in [7, 11) is 0. The smallest absolute Gasteiger partial charge is 0.216 e. The van der Waals surface area contributed by atoms with E-state index in [0.717, 1.165) is 5.69 Å². The summed E-state index contributed by atoms with van der Waals surface area (Å²) in [5, 5.41) is 10.7. The Balaban J connectivity index is 0.00000841. The first-order chi connectivity index (χ1) is 14.2. The summed E-state index contributed by atoms with van der Waals surface area (Å²) in [5.74, 6) is -0.0777. The molecule has 0 saturated heterocycles. The molecule has 0 atom stereocenters. The molecule has 1 radical (unpaired) electrons. The Morgan fingerprint density at radius 2 is 1.57 bits per heavy atom. The Morgan fingerprint density at radius 1 is 0.967 bits per heavy atom. The molecule has 1 N–H and O–H groups in total. The average Bonchev–Trinajstić information content (AvgIpc) is 3.15. The normalized spacial score (nSPS) is 10.6. The van der Waals surface area contributed by atoms with Crippen LogP contribution >= 0.6 is 0 Å². The van der Waals surface area contributed by atoms with Crippen LogP contribution in [0.3, 0.4) is 0 Å². The number of rotatable bonds is 20. The van der Waals surface area contributed by atoms with Crippen molar-refractivity contribution in [2.45, 2.75) is 26.5 Å². The van der Waals surface area contributed by atoms with Crippen LogP contribution < -0.4 is 5.32 Å². The monoisotopic (exact) mass is 504 g/mol. The Hall–Kier alpha value is -0.816. The van der Waals surface area contributed by atoms with E-state index < -0.39 is 0 Å². The zero-order valence-corrected chi connectivity index (χ0v) is 20.4. The Kier molecular flexibility index (Phi) is 20.8. The minimum absolute atomic E-state index is 0. The predicted molar refractivity (Wildman–Crippen MR) is 102 cm³/mol. The third-order valence-corrected chi connectivity index (χ3v) is 3.39. The molecule has 0 spiro atoms. The first-order valence-electron chi connectivity index (χ1n) is 9.59. The van der Waals surface area contributed by atoms with Crippen molar-refractivity contribution in [2.75, 3.05) is 66.0 Å². The van der Waals surface area contributed by atoms with Crippen LogP contribution in [0.15, 0.2) is 6.20 Å². The van der Waals surface area contributed by atoms with Gasteiger partial charge in [-0.25, -0.2) is 4.68 Å². The number of amides is 1. The SMILES string of the molecule is CC(=O)NCCOCc1cn(CCOCCOCCOCCOCC[C-]=O)nn1.[Y]. The van der Waals surface area contributed by atoms with E-state index in [0.29, 0.717) is 79.2 Å². The van der Waals surface area contributed by atoms with E-state index in [1.54, 1.807) is 17.2 Å². The van der Waals surface area contributed by atoms with E-state index in [1.807, 2.05) is 0 Å². The molecule has 0 aromatic carbocycles. The first kappa shape index (κ1) is 29.2. The van der Waals surface area contributed by atoms with E-state index in [1.165, 1.54) is 6.92 Å². The summed E-state index contributed by atoms with van der Waals surface area (Å²) < 4.78 is 28.4. The number of nitrogens with zero attached hydrogens (tertiary/aromatic N) is 3. The van der Waals surface area contributed by atoms with Gasteiger partial charge in [-0.05, 0) is 0 Å². The molecule has 0 unspecified atom stereocenters. The van der Waals surface area contributed by atoms with E-state index in [9.17, 15) is 9.59 Å². The molecule has 1 rings (SSSR count). The van der Waals surface area contributed by atoms with Gasteiger partial charge in [0.1, 0.15) is 5.69 Å². The molecule has 1 aromatic rings. The Bertz CT molecular complexity index is 548. The van der Waals surface area contributed by atoms with Gasteiger partial charge in [-0.15, -0.1) is 11.5 Å². The van der Waals surface area contributed by atoms with Crippen molar-refractivity contribution in [1.29, 1.82) is 0 Å². The third kappa shape index (κ3) is 18.0. The summed E-state index contributed by atoms with van der Waals surface area (Å²) in [6, 6.07) is 0.